The van der Waals surface area contributed by atoms with Crippen LogP contribution in [0.5, 0.6) is 0 Å². The van der Waals surface area contributed by atoms with E-state index >= 15 is 0 Å². The van der Waals surface area contributed by atoms with Gasteiger partial charge in [0.05, 0.1) is 0 Å². The Bertz CT molecular complexity index is 329. The first-order valence-corrected chi connectivity index (χ1v) is 7.32. The van der Waals surface area contributed by atoms with Crippen molar-refractivity contribution in [2.75, 3.05) is 17.5 Å². The number of ether oxygens (including phenoxy) is 1. The third kappa shape index (κ3) is 5.39. The van der Waals surface area contributed by atoms with Gasteiger partial charge >= 0.3 is 6.09 Å². The summed E-state index contributed by atoms with van der Waals surface area (Å²) in [6.07, 6.45) is 0.788. The minimum atomic E-state index is -0.221. The van der Waals surface area contributed by atoms with Gasteiger partial charge in [0.2, 0.25) is 0 Å². The van der Waals surface area contributed by atoms with Gasteiger partial charge in [0, 0.05) is 17.5 Å². The molecule has 1 rings (SSSR count). The van der Waals surface area contributed by atoms with Crippen LogP contribution in [0.3, 0.4) is 0 Å². The molecule has 1 amide bonds. The van der Waals surface area contributed by atoms with Crippen molar-refractivity contribution in [2.45, 2.75) is 20.0 Å². The lowest BCUT2D eigenvalue weighted by molar-refractivity contribution is 0.0982. The molecule has 0 unspecified atom stereocenters. The Hall–Kier alpha value is -0.780. The molecule has 3 nitrogen and oxygen atoms in total. The third-order valence-corrected chi connectivity index (χ3v) is 3.17. The van der Waals surface area contributed by atoms with Crippen molar-refractivity contribution in [1.29, 1.82) is 0 Å². The van der Waals surface area contributed by atoms with Crippen molar-refractivity contribution in [1.82, 2.24) is 4.90 Å². The van der Waals surface area contributed by atoms with Crippen molar-refractivity contribution in [3.05, 3.63) is 35.9 Å². The van der Waals surface area contributed by atoms with Crippen LogP contribution in [0.15, 0.2) is 30.3 Å². The highest BCUT2D eigenvalue weighted by Gasteiger charge is 2.11. The Morgan fingerprint density at radius 1 is 1.35 bits per heavy atom. The van der Waals surface area contributed by atoms with Crippen molar-refractivity contribution in [3.63, 3.8) is 0 Å². The molecule has 0 saturated carbocycles. The fourth-order valence-corrected chi connectivity index (χ4v) is 1.78. The number of rotatable bonds is 6. The van der Waals surface area contributed by atoms with Crippen LogP contribution in [0.1, 0.15) is 18.9 Å². The molecule has 0 bridgehead atoms. The Kier molecular flexibility index (Phi) is 7.00. The molecule has 0 radical (unpaired) electrons. The summed E-state index contributed by atoms with van der Waals surface area (Å²) in [5.41, 5.74) is 1.02. The van der Waals surface area contributed by atoms with Crippen LogP contribution in [-0.4, -0.2) is 28.5 Å². The predicted molar refractivity (Wildman–Crippen MR) is 77.4 cm³/mol. The maximum absolute atomic E-state index is 11.8. The van der Waals surface area contributed by atoms with E-state index in [2.05, 4.69) is 22.6 Å². The molecule has 0 aliphatic heterocycles. The fourth-order valence-electron chi connectivity index (χ4n) is 1.44. The number of halogens is 1. The average molecular weight is 347 g/mol. The summed E-state index contributed by atoms with van der Waals surface area (Å²) in [5, 5.41) is 0. The van der Waals surface area contributed by atoms with Gasteiger partial charge in [-0.15, -0.1) is 0 Å². The van der Waals surface area contributed by atoms with Crippen LogP contribution in [-0.2, 0) is 11.3 Å². The summed E-state index contributed by atoms with van der Waals surface area (Å²) in [7, 11) is 0. The maximum atomic E-state index is 11.8. The third-order valence-electron chi connectivity index (χ3n) is 2.41. The molecule has 1 aromatic rings. The highest BCUT2D eigenvalue weighted by molar-refractivity contribution is 14.1. The predicted octanol–water partition coefficient (Wildman–Crippen LogP) is 3.47. The molecule has 0 saturated heterocycles. The van der Waals surface area contributed by atoms with Gasteiger partial charge in [-0.25, -0.2) is 4.79 Å². The van der Waals surface area contributed by atoms with Crippen molar-refractivity contribution in [3.8, 4) is 0 Å². The number of nitrogens with zero attached hydrogens (tertiary/aromatic N) is 1. The number of benzene rings is 1. The number of carbonyl (C=O) groups excluding carboxylic acids is 1. The van der Waals surface area contributed by atoms with E-state index < -0.39 is 0 Å². The lowest BCUT2D eigenvalue weighted by Gasteiger charge is -2.19. The second kappa shape index (κ2) is 8.33. The van der Waals surface area contributed by atoms with Gasteiger partial charge in [-0.3, -0.25) is 0 Å². The molecule has 0 aliphatic carbocycles. The first-order chi connectivity index (χ1) is 8.27. The van der Waals surface area contributed by atoms with Crippen molar-refractivity contribution in [2.24, 2.45) is 0 Å². The van der Waals surface area contributed by atoms with Gasteiger partial charge in [0.15, 0.2) is 0 Å². The Balaban J connectivity index is 2.37. The zero-order chi connectivity index (χ0) is 12.5. The topological polar surface area (TPSA) is 29.5 Å². The van der Waals surface area contributed by atoms with Crippen LogP contribution in [0.4, 0.5) is 4.79 Å². The first-order valence-electron chi connectivity index (χ1n) is 5.79. The fraction of sp³-hybridized carbons (Fsp3) is 0.462. The van der Waals surface area contributed by atoms with Gasteiger partial charge in [-0.2, -0.15) is 0 Å². The minimum Gasteiger partial charge on any atom is -0.445 e. The molecule has 94 valence electrons. The number of alkyl halides is 1. The quantitative estimate of drug-likeness (QED) is 0.583. The van der Waals surface area contributed by atoms with Gasteiger partial charge in [-0.1, -0.05) is 52.9 Å². The lowest BCUT2D eigenvalue weighted by Crippen LogP contribution is -2.32. The Morgan fingerprint density at radius 3 is 2.65 bits per heavy atom. The molecule has 1 aromatic carbocycles. The van der Waals surface area contributed by atoms with Crippen LogP contribution in [0.25, 0.3) is 0 Å². The van der Waals surface area contributed by atoms with Crippen molar-refractivity contribution >= 4 is 28.7 Å². The van der Waals surface area contributed by atoms with Gasteiger partial charge in [0.1, 0.15) is 6.61 Å². The highest BCUT2D eigenvalue weighted by atomic mass is 127. The number of carbonyl (C=O) groups is 1. The monoisotopic (exact) mass is 347 g/mol. The van der Waals surface area contributed by atoms with Crippen molar-refractivity contribution < 1.29 is 9.53 Å². The van der Waals surface area contributed by atoms with Crippen LogP contribution < -0.4 is 0 Å². The molecular formula is C13H18INO2. The average Bonchev–Trinajstić information content (AvgIpc) is 2.38. The minimum absolute atomic E-state index is 0.221. The van der Waals surface area contributed by atoms with Crippen LogP contribution in [0, 0.1) is 0 Å². The second-order valence-electron chi connectivity index (χ2n) is 3.66. The van der Waals surface area contributed by atoms with Crippen LogP contribution >= 0.6 is 22.6 Å². The van der Waals surface area contributed by atoms with Gasteiger partial charge in [-0.05, 0) is 18.9 Å². The molecule has 0 N–H and O–H groups in total. The van der Waals surface area contributed by atoms with Gasteiger partial charge < -0.3 is 9.64 Å². The SMILES string of the molecule is CCN(CCCI)C(=O)OCc1ccccc1. The molecule has 0 atom stereocenters. The smallest absolute Gasteiger partial charge is 0.410 e. The van der Waals surface area contributed by atoms with Crippen LogP contribution in [0.2, 0.25) is 0 Å². The molecule has 0 aliphatic rings. The molecule has 0 heterocycles. The second-order valence-corrected chi connectivity index (χ2v) is 4.74. The molecule has 0 fully saturated rings. The van der Waals surface area contributed by atoms with E-state index in [0.29, 0.717) is 13.2 Å². The van der Waals surface area contributed by atoms with E-state index in [-0.39, 0.29) is 6.09 Å². The molecule has 17 heavy (non-hydrogen) atoms. The van der Waals surface area contributed by atoms with E-state index in [4.69, 9.17) is 4.74 Å². The molecule has 0 aromatic heterocycles. The zero-order valence-electron chi connectivity index (χ0n) is 10.1. The van der Waals surface area contributed by atoms with Gasteiger partial charge in [0.25, 0.3) is 0 Å². The Morgan fingerprint density at radius 2 is 2.06 bits per heavy atom. The summed E-state index contributed by atoms with van der Waals surface area (Å²) >= 11 is 2.31. The number of hydrogen-bond donors (Lipinski definition) is 0. The summed E-state index contributed by atoms with van der Waals surface area (Å²) in [6.45, 7) is 3.79. The van der Waals surface area contributed by atoms with E-state index in [1.807, 2.05) is 37.3 Å². The summed E-state index contributed by atoms with van der Waals surface area (Å²) in [4.78, 5) is 13.5. The Labute approximate surface area is 116 Å². The molecule has 0 spiro atoms. The summed E-state index contributed by atoms with van der Waals surface area (Å²) < 4.78 is 6.32. The first kappa shape index (κ1) is 14.3. The van der Waals surface area contributed by atoms with E-state index in [9.17, 15) is 4.79 Å². The summed E-state index contributed by atoms with van der Waals surface area (Å²) in [5.74, 6) is 0. The zero-order valence-corrected chi connectivity index (χ0v) is 12.2. The van der Waals surface area contributed by atoms with E-state index in [1.165, 1.54) is 0 Å². The number of amides is 1. The summed E-state index contributed by atoms with van der Waals surface area (Å²) in [6, 6.07) is 9.74. The standard InChI is InChI=1S/C13H18INO2/c1-2-15(10-6-9-14)13(16)17-11-12-7-4-3-5-8-12/h3-5,7-8H,2,6,9-11H2,1H3. The normalized spacial score (nSPS) is 10.0. The largest absolute Gasteiger partial charge is 0.445 e. The lowest BCUT2D eigenvalue weighted by atomic mass is 10.2. The maximum Gasteiger partial charge on any atom is 0.410 e. The molecule has 4 heteroatoms. The van der Waals surface area contributed by atoms with E-state index in [1.54, 1.807) is 4.90 Å². The highest BCUT2D eigenvalue weighted by Crippen LogP contribution is 2.04. The molecular weight excluding hydrogens is 329 g/mol. The van der Waals surface area contributed by atoms with E-state index in [0.717, 1.165) is 23.0 Å². The number of hydrogen-bond acceptors (Lipinski definition) is 2.